The summed E-state index contributed by atoms with van der Waals surface area (Å²) in [6.07, 6.45) is 0. The number of carboxylic acid groups (broad SMARTS) is 1. The number of hydrogen-bond donors (Lipinski definition) is 1. The summed E-state index contributed by atoms with van der Waals surface area (Å²) < 4.78 is 6.20. The number of nitrogens with zero attached hydrogens (tertiary/aromatic N) is 1. The normalized spacial score (nSPS) is 11.0. The first kappa shape index (κ1) is 14.4. The van der Waals surface area contributed by atoms with Crippen molar-refractivity contribution in [3.8, 4) is 11.5 Å². The van der Waals surface area contributed by atoms with E-state index in [1.165, 1.54) is 12.1 Å². The maximum atomic E-state index is 10.9. The van der Waals surface area contributed by atoms with Gasteiger partial charge in [0.05, 0.1) is 20.1 Å². The number of oxazole rings is 1. The zero-order valence-corrected chi connectivity index (χ0v) is 13.3. The van der Waals surface area contributed by atoms with Crippen LogP contribution in [0.25, 0.3) is 22.6 Å². The van der Waals surface area contributed by atoms with Crippen LogP contribution >= 0.6 is 39.1 Å². The van der Waals surface area contributed by atoms with Gasteiger partial charge in [0.2, 0.25) is 5.89 Å². The standard InChI is InChI=1S/C14H6BrCl2NO3/c15-12-8(16)3-7(4-9(12)17)13-18-10-5-6(14(19)20)1-2-11(10)21-13/h1-5H,(H,19,20). The predicted molar refractivity (Wildman–Crippen MR) is 84.1 cm³/mol. The molecule has 1 aromatic heterocycles. The van der Waals surface area contributed by atoms with Gasteiger partial charge in [-0.2, -0.15) is 0 Å². The highest BCUT2D eigenvalue weighted by atomic mass is 79.9. The van der Waals surface area contributed by atoms with Crippen LogP contribution in [-0.2, 0) is 0 Å². The number of benzene rings is 2. The zero-order valence-electron chi connectivity index (χ0n) is 10.2. The molecule has 106 valence electrons. The van der Waals surface area contributed by atoms with E-state index in [1.807, 2.05) is 0 Å². The van der Waals surface area contributed by atoms with Crippen molar-refractivity contribution in [3.63, 3.8) is 0 Å². The van der Waals surface area contributed by atoms with E-state index in [1.54, 1.807) is 18.2 Å². The lowest BCUT2D eigenvalue weighted by atomic mass is 10.2. The van der Waals surface area contributed by atoms with Crippen molar-refractivity contribution in [2.75, 3.05) is 0 Å². The molecule has 3 rings (SSSR count). The molecule has 3 aromatic rings. The molecular formula is C14H6BrCl2NO3. The zero-order chi connectivity index (χ0) is 15.1. The Hall–Kier alpha value is -1.56. The Morgan fingerprint density at radius 1 is 1.19 bits per heavy atom. The maximum Gasteiger partial charge on any atom is 0.335 e. The first-order chi connectivity index (χ1) is 9.95. The van der Waals surface area contributed by atoms with E-state index < -0.39 is 5.97 Å². The third-order valence-corrected chi connectivity index (χ3v) is 4.77. The van der Waals surface area contributed by atoms with Crippen LogP contribution in [0.5, 0.6) is 0 Å². The molecule has 0 saturated heterocycles. The third-order valence-electron chi connectivity index (χ3n) is 2.87. The fourth-order valence-corrected chi connectivity index (χ4v) is 2.58. The molecule has 0 radical (unpaired) electrons. The topological polar surface area (TPSA) is 63.3 Å². The minimum absolute atomic E-state index is 0.147. The summed E-state index contributed by atoms with van der Waals surface area (Å²) in [6.45, 7) is 0. The molecule has 4 nitrogen and oxygen atoms in total. The van der Waals surface area contributed by atoms with Crippen molar-refractivity contribution in [1.29, 1.82) is 0 Å². The lowest BCUT2D eigenvalue weighted by Crippen LogP contribution is -1.94. The summed E-state index contributed by atoms with van der Waals surface area (Å²) in [4.78, 5) is 15.2. The van der Waals surface area contributed by atoms with Crippen LogP contribution < -0.4 is 0 Å². The molecule has 0 saturated carbocycles. The average Bonchev–Trinajstić information content (AvgIpc) is 2.86. The molecule has 0 aliphatic carbocycles. The van der Waals surface area contributed by atoms with Gasteiger partial charge >= 0.3 is 5.97 Å². The van der Waals surface area contributed by atoms with Crippen LogP contribution in [0.1, 0.15) is 10.4 Å². The van der Waals surface area contributed by atoms with Gasteiger partial charge in [-0.1, -0.05) is 23.2 Å². The van der Waals surface area contributed by atoms with Crippen LogP contribution in [0.3, 0.4) is 0 Å². The summed E-state index contributed by atoms with van der Waals surface area (Å²) in [6, 6.07) is 7.81. The lowest BCUT2D eigenvalue weighted by molar-refractivity contribution is 0.0697. The van der Waals surface area contributed by atoms with Crippen molar-refractivity contribution >= 4 is 56.2 Å². The number of fused-ring (bicyclic) bond motifs is 1. The van der Waals surface area contributed by atoms with Gasteiger partial charge in [-0.15, -0.1) is 0 Å². The lowest BCUT2D eigenvalue weighted by Gasteiger charge is -2.01. The summed E-state index contributed by atoms with van der Waals surface area (Å²) >= 11 is 15.4. The van der Waals surface area contributed by atoms with Crippen LogP contribution in [0.2, 0.25) is 10.0 Å². The Bertz CT molecular complexity index is 853. The molecule has 0 bridgehead atoms. The molecule has 0 fully saturated rings. The maximum absolute atomic E-state index is 10.9. The van der Waals surface area contributed by atoms with Crippen molar-refractivity contribution in [2.45, 2.75) is 0 Å². The fraction of sp³-hybridized carbons (Fsp3) is 0. The number of aromatic carboxylic acids is 1. The Labute approximate surface area is 137 Å². The van der Waals surface area contributed by atoms with Crippen LogP contribution in [0.15, 0.2) is 39.2 Å². The molecule has 1 heterocycles. The first-order valence-corrected chi connectivity index (χ1v) is 7.29. The van der Waals surface area contributed by atoms with Crippen molar-refractivity contribution in [2.24, 2.45) is 0 Å². The summed E-state index contributed by atoms with van der Waals surface area (Å²) in [5.41, 5.74) is 1.71. The van der Waals surface area contributed by atoms with Crippen molar-refractivity contribution in [3.05, 3.63) is 50.4 Å². The molecule has 0 unspecified atom stereocenters. The van der Waals surface area contributed by atoms with E-state index >= 15 is 0 Å². The minimum atomic E-state index is -1.02. The SMILES string of the molecule is O=C(O)c1ccc2oc(-c3cc(Cl)c(Br)c(Cl)c3)nc2c1. The van der Waals surface area contributed by atoms with Gasteiger partial charge in [0.1, 0.15) is 5.52 Å². The van der Waals surface area contributed by atoms with Gasteiger partial charge in [0, 0.05) is 5.56 Å². The molecule has 1 N–H and O–H groups in total. The summed E-state index contributed by atoms with van der Waals surface area (Å²) in [5.74, 6) is -0.694. The monoisotopic (exact) mass is 385 g/mol. The smallest absolute Gasteiger partial charge is 0.335 e. The number of halogens is 3. The van der Waals surface area contributed by atoms with Gasteiger partial charge in [0.15, 0.2) is 5.58 Å². The highest BCUT2D eigenvalue weighted by molar-refractivity contribution is 9.10. The average molecular weight is 387 g/mol. The Kier molecular flexibility index (Phi) is 3.65. The number of aromatic nitrogens is 1. The predicted octanol–water partition coefficient (Wildman–Crippen LogP) is 5.26. The largest absolute Gasteiger partial charge is 0.478 e. The van der Waals surface area contributed by atoms with Crippen LogP contribution in [-0.4, -0.2) is 16.1 Å². The molecule has 0 amide bonds. The first-order valence-electron chi connectivity index (χ1n) is 5.74. The van der Waals surface area contributed by atoms with E-state index in [9.17, 15) is 4.79 Å². The van der Waals surface area contributed by atoms with E-state index in [2.05, 4.69) is 20.9 Å². The van der Waals surface area contributed by atoms with Gasteiger partial charge in [0.25, 0.3) is 0 Å². The molecule has 0 spiro atoms. The van der Waals surface area contributed by atoms with Crippen molar-refractivity contribution < 1.29 is 14.3 Å². The number of hydrogen-bond acceptors (Lipinski definition) is 3. The van der Waals surface area contributed by atoms with Crippen LogP contribution in [0.4, 0.5) is 0 Å². The molecule has 7 heteroatoms. The van der Waals surface area contributed by atoms with Crippen molar-refractivity contribution in [1.82, 2.24) is 4.98 Å². The highest BCUT2D eigenvalue weighted by Gasteiger charge is 2.14. The quantitative estimate of drug-likeness (QED) is 0.610. The second-order valence-electron chi connectivity index (χ2n) is 4.26. The van der Waals surface area contributed by atoms with Crippen LogP contribution in [0, 0.1) is 0 Å². The molecule has 21 heavy (non-hydrogen) atoms. The van der Waals surface area contributed by atoms with Gasteiger partial charge in [-0.05, 0) is 46.3 Å². The van der Waals surface area contributed by atoms with Gasteiger partial charge in [-0.25, -0.2) is 9.78 Å². The Morgan fingerprint density at radius 3 is 2.48 bits per heavy atom. The minimum Gasteiger partial charge on any atom is -0.478 e. The Morgan fingerprint density at radius 2 is 1.86 bits per heavy atom. The van der Waals surface area contributed by atoms with Gasteiger partial charge < -0.3 is 9.52 Å². The molecule has 2 aromatic carbocycles. The molecule has 0 aliphatic rings. The Balaban J connectivity index is 2.15. The van der Waals surface area contributed by atoms with Gasteiger partial charge in [-0.3, -0.25) is 0 Å². The molecular weight excluding hydrogens is 381 g/mol. The second kappa shape index (κ2) is 5.33. The molecule has 0 aliphatic heterocycles. The van der Waals surface area contributed by atoms with E-state index in [4.69, 9.17) is 32.7 Å². The molecule has 0 atom stereocenters. The number of carbonyl (C=O) groups is 1. The van der Waals surface area contributed by atoms with E-state index in [-0.39, 0.29) is 5.56 Å². The number of carboxylic acids is 1. The summed E-state index contributed by atoms with van der Waals surface area (Å²) in [5, 5.41) is 9.85. The third kappa shape index (κ3) is 2.64. The summed E-state index contributed by atoms with van der Waals surface area (Å²) in [7, 11) is 0. The fourth-order valence-electron chi connectivity index (χ4n) is 1.86. The van der Waals surface area contributed by atoms with E-state index in [0.717, 1.165) is 0 Å². The number of rotatable bonds is 2. The second-order valence-corrected chi connectivity index (χ2v) is 5.87. The highest BCUT2D eigenvalue weighted by Crippen LogP contribution is 2.36. The van der Waals surface area contributed by atoms with E-state index in [0.29, 0.717) is 37.1 Å².